The van der Waals surface area contributed by atoms with E-state index in [1.165, 1.54) is 0 Å². The smallest absolute Gasteiger partial charge is 0.229 e. The Labute approximate surface area is 116 Å². The summed E-state index contributed by atoms with van der Waals surface area (Å²) in [6.45, 7) is 3.38. The molecule has 0 aliphatic rings. The van der Waals surface area contributed by atoms with Crippen LogP contribution in [0.15, 0.2) is 0 Å². The highest BCUT2D eigenvalue weighted by atomic mass is 127. The predicted octanol–water partition coefficient (Wildman–Crippen LogP) is 0.221. The maximum atomic E-state index is 10.8. The molecular weight excluding hydrogens is 337 g/mol. The molecule has 0 spiro atoms. The number of halogens is 1. The molecule has 0 saturated carbocycles. The summed E-state index contributed by atoms with van der Waals surface area (Å²) in [5.74, 6) is 2.39. The minimum Gasteiger partial charge on any atom is -0.377 e. The van der Waals surface area contributed by atoms with Crippen molar-refractivity contribution < 1.29 is 19.0 Å². The molecule has 5 nitrogen and oxygen atoms in total. The molecule has 0 radical (unpaired) electrons. The normalized spacial score (nSPS) is 9.88. The van der Waals surface area contributed by atoms with Crippen molar-refractivity contribution in [3.8, 4) is 12.3 Å². The number of ether oxygens (including phenoxy) is 3. The molecule has 0 aliphatic carbocycles. The van der Waals surface area contributed by atoms with Crippen molar-refractivity contribution in [3.63, 3.8) is 0 Å². The lowest BCUT2D eigenvalue weighted by molar-refractivity contribution is -0.118. The van der Waals surface area contributed by atoms with E-state index < -0.39 is 0 Å². The molecule has 1 N–H and O–H groups in total. The lowest BCUT2D eigenvalue weighted by Crippen LogP contribution is -2.28. The van der Waals surface area contributed by atoms with Gasteiger partial charge in [-0.2, -0.15) is 0 Å². The quantitative estimate of drug-likeness (QED) is 0.249. The number of rotatable bonds is 11. The Bertz CT molecular complexity index is 230. The van der Waals surface area contributed by atoms with Crippen LogP contribution in [-0.4, -0.2) is 56.5 Å². The van der Waals surface area contributed by atoms with Crippen LogP contribution in [0.25, 0.3) is 0 Å². The summed E-state index contributed by atoms with van der Waals surface area (Å²) in [6, 6.07) is 0. The molecule has 0 saturated heterocycles. The summed E-state index contributed by atoms with van der Waals surface area (Å²) in [6.07, 6.45) is 5.00. The van der Waals surface area contributed by atoms with Crippen molar-refractivity contribution >= 4 is 28.5 Å². The van der Waals surface area contributed by atoms with E-state index in [1.54, 1.807) is 0 Å². The number of hydrogen-bond acceptors (Lipinski definition) is 4. The van der Waals surface area contributed by atoms with Crippen molar-refractivity contribution in [1.82, 2.24) is 5.32 Å². The summed E-state index contributed by atoms with van der Waals surface area (Å²) in [4.78, 5) is 10.8. The third-order valence-electron chi connectivity index (χ3n) is 1.62. The molecular formula is C11H18INO4. The Hall–Kier alpha value is -0.360. The highest BCUT2D eigenvalue weighted by Gasteiger charge is 1.95. The second-order valence-corrected chi connectivity index (χ2v) is 3.73. The van der Waals surface area contributed by atoms with Crippen molar-refractivity contribution in [1.29, 1.82) is 0 Å². The van der Waals surface area contributed by atoms with Crippen molar-refractivity contribution in [2.45, 2.75) is 0 Å². The molecule has 0 rings (SSSR count). The molecule has 0 atom stereocenters. The molecule has 1 amide bonds. The monoisotopic (exact) mass is 355 g/mol. The lowest BCUT2D eigenvalue weighted by atomic mass is 10.6. The summed E-state index contributed by atoms with van der Waals surface area (Å²) in [5, 5.41) is 2.71. The Kier molecular flexibility index (Phi) is 13.4. The average molecular weight is 355 g/mol. The Morgan fingerprint density at radius 3 is 2.29 bits per heavy atom. The van der Waals surface area contributed by atoms with Gasteiger partial charge in [-0.05, 0) is 0 Å². The summed E-state index contributed by atoms with van der Waals surface area (Å²) in [5.41, 5.74) is 0. The first kappa shape index (κ1) is 16.6. The highest BCUT2D eigenvalue weighted by molar-refractivity contribution is 14.1. The zero-order valence-electron chi connectivity index (χ0n) is 9.75. The van der Waals surface area contributed by atoms with E-state index in [9.17, 15) is 4.79 Å². The lowest BCUT2D eigenvalue weighted by Gasteiger charge is -2.06. The van der Waals surface area contributed by atoms with Gasteiger partial charge in [-0.1, -0.05) is 28.5 Å². The van der Waals surface area contributed by atoms with Gasteiger partial charge in [0.25, 0.3) is 0 Å². The van der Waals surface area contributed by atoms with Gasteiger partial charge in [0.05, 0.1) is 37.5 Å². The highest BCUT2D eigenvalue weighted by Crippen LogP contribution is 1.82. The number of hydrogen-bond donors (Lipinski definition) is 1. The van der Waals surface area contributed by atoms with Crippen LogP contribution in [0.2, 0.25) is 0 Å². The van der Waals surface area contributed by atoms with Gasteiger partial charge in [-0.3, -0.25) is 4.79 Å². The average Bonchev–Trinajstić information content (AvgIpc) is 2.35. The molecule has 0 unspecified atom stereocenters. The number of nitrogens with one attached hydrogen (secondary N) is 1. The Balaban J connectivity index is 2.99. The zero-order valence-corrected chi connectivity index (χ0v) is 11.9. The van der Waals surface area contributed by atoms with Crippen molar-refractivity contribution in [2.75, 3.05) is 50.6 Å². The minimum atomic E-state index is 0.0242. The Morgan fingerprint density at radius 1 is 1.12 bits per heavy atom. The van der Waals surface area contributed by atoms with Crippen molar-refractivity contribution in [2.24, 2.45) is 0 Å². The molecule has 17 heavy (non-hydrogen) atoms. The summed E-state index contributed by atoms with van der Waals surface area (Å²) < 4.78 is 16.0. The number of alkyl halides is 1. The molecule has 0 aromatic rings. The van der Waals surface area contributed by atoms with E-state index in [0.29, 0.717) is 50.6 Å². The van der Waals surface area contributed by atoms with E-state index in [4.69, 9.17) is 20.6 Å². The Morgan fingerprint density at radius 2 is 1.71 bits per heavy atom. The molecule has 98 valence electrons. The molecule has 0 bridgehead atoms. The number of carbonyl (C=O) groups is 1. The molecule has 0 fully saturated rings. The fourth-order valence-electron chi connectivity index (χ4n) is 0.881. The largest absolute Gasteiger partial charge is 0.377 e. The van der Waals surface area contributed by atoms with E-state index in [1.807, 2.05) is 22.6 Å². The summed E-state index contributed by atoms with van der Waals surface area (Å²) >= 11 is 2.01. The fraction of sp³-hybridized carbons (Fsp3) is 0.727. The van der Waals surface area contributed by atoms with Crippen LogP contribution in [0.3, 0.4) is 0 Å². The fourth-order valence-corrected chi connectivity index (χ4v) is 1.15. The van der Waals surface area contributed by atoms with Gasteiger partial charge in [0.1, 0.15) is 6.61 Å². The number of amides is 1. The second-order valence-electron chi connectivity index (χ2n) is 2.97. The van der Waals surface area contributed by atoms with E-state index in [-0.39, 0.29) is 5.91 Å². The molecule has 0 aromatic heterocycles. The zero-order chi connectivity index (χ0) is 12.8. The van der Waals surface area contributed by atoms with E-state index in [2.05, 4.69) is 11.2 Å². The summed E-state index contributed by atoms with van der Waals surface area (Å²) in [7, 11) is 0. The molecule has 6 heteroatoms. The first-order chi connectivity index (χ1) is 8.31. The van der Waals surface area contributed by atoms with Crippen molar-refractivity contribution in [3.05, 3.63) is 0 Å². The second kappa shape index (κ2) is 13.7. The first-order valence-corrected chi connectivity index (χ1v) is 6.83. The molecule has 0 heterocycles. The van der Waals surface area contributed by atoms with E-state index in [0.717, 1.165) is 0 Å². The van der Waals surface area contributed by atoms with Crippen LogP contribution < -0.4 is 5.32 Å². The third kappa shape index (κ3) is 13.6. The standard InChI is InChI=1S/C11H18INO4/c1-2-4-15-6-8-17-9-7-16-5-3-13-11(14)10-12/h1H,3-10H2,(H,13,14). The van der Waals surface area contributed by atoms with Crippen LogP contribution in [-0.2, 0) is 19.0 Å². The maximum absolute atomic E-state index is 10.8. The topological polar surface area (TPSA) is 56.8 Å². The van der Waals surface area contributed by atoms with Gasteiger partial charge in [-0.15, -0.1) is 6.42 Å². The third-order valence-corrected chi connectivity index (χ3v) is 2.31. The minimum absolute atomic E-state index is 0.0242. The van der Waals surface area contributed by atoms with Crippen LogP contribution in [0.1, 0.15) is 0 Å². The molecule has 0 aliphatic heterocycles. The van der Waals surface area contributed by atoms with Crippen LogP contribution in [0, 0.1) is 12.3 Å². The number of terminal acetylenes is 1. The first-order valence-electron chi connectivity index (χ1n) is 5.30. The van der Waals surface area contributed by atoms with Crippen LogP contribution >= 0.6 is 22.6 Å². The van der Waals surface area contributed by atoms with Gasteiger partial charge < -0.3 is 19.5 Å². The number of carbonyl (C=O) groups excluding carboxylic acids is 1. The maximum Gasteiger partial charge on any atom is 0.229 e. The van der Waals surface area contributed by atoms with Gasteiger partial charge in [0.2, 0.25) is 5.91 Å². The van der Waals surface area contributed by atoms with Gasteiger partial charge in [0.15, 0.2) is 0 Å². The van der Waals surface area contributed by atoms with Gasteiger partial charge in [-0.25, -0.2) is 0 Å². The van der Waals surface area contributed by atoms with Gasteiger partial charge in [0, 0.05) is 6.54 Å². The van der Waals surface area contributed by atoms with E-state index >= 15 is 0 Å². The van der Waals surface area contributed by atoms with Crippen LogP contribution in [0.4, 0.5) is 0 Å². The van der Waals surface area contributed by atoms with Crippen LogP contribution in [0.5, 0.6) is 0 Å². The van der Waals surface area contributed by atoms with Gasteiger partial charge >= 0.3 is 0 Å². The SMILES string of the molecule is C#CCOCCOCCOCCNC(=O)CI. The molecule has 0 aromatic carbocycles. The predicted molar refractivity (Wildman–Crippen MR) is 73.2 cm³/mol.